The molecule has 0 radical (unpaired) electrons. The number of hydrogen-bond donors (Lipinski definition) is 2. The SMILES string of the molecule is COc1n[nH]c(NC(=O)Cc2ccc(OC)c(OC)c2)n1. The van der Waals surface area contributed by atoms with E-state index < -0.39 is 0 Å². The first-order chi connectivity index (χ1) is 10.2. The Morgan fingerprint density at radius 3 is 2.57 bits per heavy atom. The van der Waals surface area contributed by atoms with E-state index in [4.69, 9.17) is 14.2 Å². The first-order valence-electron chi connectivity index (χ1n) is 6.13. The summed E-state index contributed by atoms with van der Waals surface area (Å²) in [6.07, 6.45) is 0.170. The van der Waals surface area contributed by atoms with E-state index in [1.807, 2.05) is 0 Å². The van der Waals surface area contributed by atoms with Gasteiger partial charge in [-0.05, 0) is 17.7 Å². The number of hydrogen-bond acceptors (Lipinski definition) is 6. The topological polar surface area (TPSA) is 98.4 Å². The van der Waals surface area contributed by atoms with Gasteiger partial charge in [-0.1, -0.05) is 6.07 Å². The van der Waals surface area contributed by atoms with Crippen LogP contribution in [-0.2, 0) is 11.2 Å². The van der Waals surface area contributed by atoms with Crippen LogP contribution in [0.4, 0.5) is 5.95 Å². The van der Waals surface area contributed by atoms with Crippen LogP contribution < -0.4 is 19.5 Å². The number of ether oxygens (including phenoxy) is 3. The van der Waals surface area contributed by atoms with Gasteiger partial charge < -0.3 is 14.2 Å². The molecule has 1 aromatic heterocycles. The Morgan fingerprint density at radius 2 is 1.95 bits per heavy atom. The first-order valence-corrected chi connectivity index (χ1v) is 6.13. The van der Waals surface area contributed by atoms with Gasteiger partial charge in [-0.25, -0.2) is 5.10 Å². The number of aromatic amines is 1. The van der Waals surface area contributed by atoms with Crippen molar-refractivity contribution in [3.05, 3.63) is 23.8 Å². The average molecular weight is 292 g/mol. The number of methoxy groups -OCH3 is 3. The molecule has 1 heterocycles. The summed E-state index contributed by atoms with van der Waals surface area (Å²) < 4.78 is 15.2. The van der Waals surface area contributed by atoms with Crippen LogP contribution in [0.15, 0.2) is 18.2 Å². The number of aromatic nitrogens is 3. The number of nitrogens with one attached hydrogen (secondary N) is 2. The molecular formula is C13H16N4O4. The van der Waals surface area contributed by atoms with Crippen LogP contribution in [0.2, 0.25) is 0 Å². The van der Waals surface area contributed by atoms with Crippen LogP contribution in [-0.4, -0.2) is 42.4 Å². The van der Waals surface area contributed by atoms with Crippen molar-refractivity contribution in [2.24, 2.45) is 0 Å². The third kappa shape index (κ3) is 3.62. The van der Waals surface area contributed by atoms with Crippen LogP contribution >= 0.6 is 0 Å². The molecule has 0 aliphatic rings. The number of amides is 1. The molecule has 21 heavy (non-hydrogen) atoms. The van der Waals surface area contributed by atoms with Crippen molar-refractivity contribution in [3.8, 4) is 17.5 Å². The van der Waals surface area contributed by atoms with Gasteiger partial charge in [0.05, 0.1) is 27.8 Å². The number of carbonyl (C=O) groups is 1. The minimum atomic E-state index is -0.235. The molecule has 8 heteroatoms. The van der Waals surface area contributed by atoms with Gasteiger partial charge in [-0.15, -0.1) is 5.10 Å². The summed E-state index contributed by atoms with van der Waals surface area (Å²) in [6.45, 7) is 0. The van der Waals surface area contributed by atoms with Gasteiger partial charge in [0.15, 0.2) is 11.5 Å². The normalized spacial score (nSPS) is 10.0. The molecule has 2 N–H and O–H groups in total. The van der Waals surface area contributed by atoms with Crippen molar-refractivity contribution in [1.82, 2.24) is 15.2 Å². The molecule has 1 amide bonds. The van der Waals surface area contributed by atoms with Crippen LogP contribution in [0.5, 0.6) is 17.5 Å². The van der Waals surface area contributed by atoms with Gasteiger partial charge in [-0.3, -0.25) is 10.1 Å². The summed E-state index contributed by atoms with van der Waals surface area (Å²) >= 11 is 0. The Balaban J connectivity index is 2.02. The smallest absolute Gasteiger partial charge is 0.336 e. The van der Waals surface area contributed by atoms with Crippen LogP contribution in [0.1, 0.15) is 5.56 Å². The molecule has 0 atom stereocenters. The predicted molar refractivity (Wildman–Crippen MR) is 74.8 cm³/mol. The van der Waals surface area contributed by atoms with Crippen molar-refractivity contribution < 1.29 is 19.0 Å². The molecule has 2 aromatic rings. The summed E-state index contributed by atoms with van der Waals surface area (Å²) in [6, 6.07) is 5.46. The van der Waals surface area contributed by atoms with Crippen molar-refractivity contribution in [2.75, 3.05) is 26.6 Å². The Hall–Kier alpha value is -2.77. The van der Waals surface area contributed by atoms with Gasteiger partial charge in [0.25, 0.3) is 0 Å². The molecule has 0 aliphatic heterocycles. The summed E-state index contributed by atoms with van der Waals surface area (Å²) in [7, 11) is 4.54. The Labute approximate surface area is 121 Å². The standard InChI is InChI=1S/C13H16N4O4/c1-19-9-5-4-8(6-10(9)20-2)7-11(18)14-12-15-13(21-3)17-16-12/h4-6H,7H2,1-3H3,(H2,14,15,16,17,18). The van der Waals surface area contributed by atoms with Crippen LogP contribution in [0, 0.1) is 0 Å². The number of carbonyl (C=O) groups excluding carboxylic acids is 1. The lowest BCUT2D eigenvalue weighted by molar-refractivity contribution is -0.115. The van der Waals surface area contributed by atoms with Gasteiger partial charge in [0.2, 0.25) is 11.9 Å². The summed E-state index contributed by atoms with van der Waals surface area (Å²) in [5.74, 6) is 1.18. The third-order valence-corrected chi connectivity index (χ3v) is 2.72. The molecule has 0 saturated carbocycles. The van der Waals surface area contributed by atoms with E-state index in [0.717, 1.165) is 5.56 Å². The zero-order valence-corrected chi connectivity index (χ0v) is 12.0. The molecular weight excluding hydrogens is 276 g/mol. The van der Waals surface area contributed by atoms with Crippen molar-refractivity contribution in [3.63, 3.8) is 0 Å². The fraction of sp³-hybridized carbons (Fsp3) is 0.308. The largest absolute Gasteiger partial charge is 0.493 e. The maximum absolute atomic E-state index is 11.9. The molecule has 8 nitrogen and oxygen atoms in total. The lowest BCUT2D eigenvalue weighted by Crippen LogP contribution is -2.15. The monoisotopic (exact) mass is 292 g/mol. The second kappa shape index (κ2) is 6.60. The molecule has 0 bridgehead atoms. The Kier molecular flexibility index (Phi) is 4.60. The highest BCUT2D eigenvalue weighted by atomic mass is 16.5. The molecule has 0 aliphatic carbocycles. The van der Waals surface area contributed by atoms with Gasteiger partial charge >= 0.3 is 6.01 Å². The fourth-order valence-electron chi connectivity index (χ4n) is 1.75. The second-order valence-electron chi connectivity index (χ2n) is 4.09. The lowest BCUT2D eigenvalue weighted by Gasteiger charge is -2.09. The average Bonchev–Trinajstić information content (AvgIpc) is 2.94. The van der Waals surface area contributed by atoms with E-state index in [-0.39, 0.29) is 24.3 Å². The fourth-order valence-corrected chi connectivity index (χ4v) is 1.75. The van der Waals surface area contributed by atoms with E-state index in [9.17, 15) is 4.79 Å². The number of H-pyrrole nitrogens is 1. The molecule has 0 fully saturated rings. The number of benzene rings is 1. The summed E-state index contributed by atoms with van der Waals surface area (Å²) in [5, 5.41) is 8.88. The predicted octanol–water partition coefficient (Wildman–Crippen LogP) is 1.01. The van der Waals surface area contributed by atoms with Crippen molar-refractivity contribution in [2.45, 2.75) is 6.42 Å². The van der Waals surface area contributed by atoms with Crippen LogP contribution in [0.3, 0.4) is 0 Å². The molecule has 1 aromatic carbocycles. The lowest BCUT2D eigenvalue weighted by atomic mass is 10.1. The molecule has 0 unspecified atom stereocenters. The van der Waals surface area contributed by atoms with E-state index in [1.54, 1.807) is 32.4 Å². The molecule has 0 saturated heterocycles. The minimum Gasteiger partial charge on any atom is -0.493 e. The minimum absolute atomic E-state index is 0.163. The highest BCUT2D eigenvalue weighted by molar-refractivity contribution is 5.90. The van der Waals surface area contributed by atoms with Gasteiger partial charge in [0, 0.05) is 0 Å². The highest BCUT2D eigenvalue weighted by Gasteiger charge is 2.10. The molecule has 0 spiro atoms. The zero-order valence-electron chi connectivity index (χ0n) is 12.0. The number of anilines is 1. The van der Waals surface area contributed by atoms with Gasteiger partial charge in [0.1, 0.15) is 0 Å². The van der Waals surface area contributed by atoms with Crippen molar-refractivity contribution >= 4 is 11.9 Å². The van der Waals surface area contributed by atoms with E-state index in [1.165, 1.54) is 7.11 Å². The number of rotatable bonds is 6. The van der Waals surface area contributed by atoms with E-state index >= 15 is 0 Å². The molecule has 2 rings (SSSR count). The van der Waals surface area contributed by atoms with E-state index in [2.05, 4.69) is 20.5 Å². The summed E-state index contributed by atoms with van der Waals surface area (Å²) in [4.78, 5) is 15.8. The Morgan fingerprint density at radius 1 is 1.19 bits per heavy atom. The second-order valence-corrected chi connectivity index (χ2v) is 4.09. The number of nitrogens with zero attached hydrogens (tertiary/aromatic N) is 2. The quantitative estimate of drug-likeness (QED) is 0.824. The third-order valence-electron chi connectivity index (χ3n) is 2.72. The maximum Gasteiger partial charge on any atom is 0.336 e. The van der Waals surface area contributed by atoms with Gasteiger partial charge in [-0.2, -0.15) is 4.98 Å². The van der Waals surface area contributed by atoms with Crippen molar-refractivity contribution in [1.29, 1.82) is 0 Å². The Bertz CT molecular complexity index is 626. The summed E-state index contributed by atoms with van der Waals surface area (Å²) in [5.41, 5.74) is 0.789. The van der Waals surface area contributed by atoms with E-state index in [0.29, 0.717) is 11.5 Å². The first kappa shape index (κ1) is 14.6. The molecule has 112 valence electrons. The maximum atomic E-state index is 11.9. The highest BCUT2D eigenvalue weighted by Crippen LogP contribution is 2.27. The zero-order chi connectivity index (χ0) is 15.2. The van der Waals surface area contributed by atoms with Crippen LogP contribution in [0.25, 0.3) is 0 Å².